The fourth-order valence-corrected chi connectivity index (χ4v) is 11.9. The number of carbonyl (C=O) groups is 1. The van der Waals surface area contributed by atoms with E-state index in [2.05, 4.69) is 47.6 Å². The molecule has 8 unspecified atom stereocenters. The zero-order valence-corrected chi connectivity index (χ0v) is 26.6. The largest absolute Gasteiger partial charge is 0.394 e. The summed E-state index contributed by atoms with van der Waals surface area (Å²) in [5.41, 5.74) is 0.629. The quantitative estimate of drug-likeness (QED) is 0.339. The highest BCUT2D eigenvalue weighted by Crippen LogP contribution is 2.72. The van der Waals surface area contributed by atoms with Crippen molar-refractivity contribution in [2.75, 3.05) is 6.61 Å². The first-order valence-corrected chi connectivity index (χ1v) is 16.7. The SMILES string of the molecule is CC1(C)CC[C@]2(C(F)[C@@H]3OC(CO)[C@H](O)C(O)C3O)CCC3C(=CCC4[C@@]3(C)CCC3C(C)(C)C(=O)CC[C@@]34C)C2C1. The number of aliphatic hydroxyl groups excluding tert-OH is 4. The van der Waals surface area contributed by atoms with Gasteiger partial charge in [-0.1, -0.05) is 53.2 Å². The van der Waals surface area contributed by atoms with Gasteiger partial charge in [-0.15, -0.1) is 0 Å². The third-order valence-electron chi connectivity index (χ3n) is 14.4. The van der Waals surface area contributed by atoms with E-state index in [-0.39, 0.29) is 27.6 Å². The van der Waals surface area contributed by atoms with Gasteiger partial charge in [-0.2, -0.15) is 0 Å². The lowest BCUT2D eigenvalue weighted by Gasteiger charge is -2.68. The maximum absolute atomic E-state index is 17.2. The summed E-state index contributed by atoms with van der Waals surface area (Å²) in [6, 6.07) is 0. The Morgan fingerprint density at radius 1 is 0.881 bits per heavy atom. The Bertz CT molecular complexity index is 1120. The first kappa shape index (κ1) is 31.1. The molecule has 6 aliphatic rings. The van der Waals surface area contributed by atoms with Crippen LogP contribution >= 0.6 is 0 Å². The molecule has 6 rings (SSSR count). The van der Waals surface area contributed by atoms with Crippen molar-refractivity contribution in [3.8, 4) is 0 Å². The lowest BCUT2D eigenvalue weighted by molar-refractivity contribution is -0.259. The molecule has 1 aliphatic heterocycles. The molecule has 5 aliphatic carbocycles. The number of hydrogen-bond acceptors (Lipinski definition) is 6. The molecule has 0 radical (unpaired) electrons. The zero-order chi connectivity index (χ0) is 30.6. The Balaban J connectivity index is 1.37. The molecule has 0 bridgehead atoms. The number of aliphatic hydroxyl groups is 4. The molecule has 6 nitrogen and oxygen atoms in total. The highest BCUT2D eigenvalue weighted by molar-refractivity contribution is 5.85. The Labute approximate surface area is 251 Å². The average Bonchev–Trinajstić information content (AvgIpc) is 2.93. The van der Waals surface area contributed by atoms with Gasteiger partial charge in [0.2, 0.25) is 0 Å². The van der Waals surface area contributed by atoms with Gasteiger partial charge in [-0.05, 0) is 97.7 Å². The molecule has 0 aromatic rings. The van der Waals surface area contributed by atoms with Crippen LogP contribution in [0.1, 0.15) is 106 Å². The lowest BCUT2D eigenvalue weighted by atomic mass is 9.37. The Hall–Kier alpha value is -0.860. The summed E-state index contributed by atoms with van der Waals surface area (Å²) < 4.78 is 23.0. The van der Waals surface area contributed by atoms with E-state index in [1.807, 2.05) is 0 Å². The topological polar surface area (TPSA) is 107 Å². The molecule has 0 aromatic heterocycles. The van der Waals surface area contributed by atoms with Crippen molar-refractivity contribution < 1.29 is 34.3 Å². The highest BCUT2D eigenvalue weighted by Gasteiger charge is 2.67. The fraction of sp³-hybridized carbons (Fsp3) is 0.914. The fourth-order valence-electron chi connectivity index (χ4n) is 11.9. The molecule has 1 saturated heterocycles. The maximum atomic E-state index is 17.2. The van der Waals surface area contributed by atoms with Crippen LogP contribution in [0.5, 0.6) is 0 Å². The number of Topliss-reactive ketones (excluding diaryl/α,β-unsaturated/α-hetero) is 1. The van der Waals surface area contributed by atoms with E-state index in [4.69, 9.17) is 4.74 Å². The van der Waals surface area contributed by atoms with Crippen molar-refractivity contribution in [2.45, 2.75) is 142 Å². The second-order valence-electron chi connectivity index (χ2n) is 17.2. The van der Waals surface area contributed by atoms with Crippen LogP contribution in [0.3, 0.4) is 0 Å². The average molecular weight is 591 g/mol. The van der Waals surface area contributed by atoms with Crippen molar-refractivity contribution in [1.29, 1.82) is 0 Å². The number of carbonyl (C=O) groups excluding carboxylic acids is 1. The number of ketones is 1. The number of fused-ring (bicyclic) bond motifs is 7. The lowest BCUT2D eigenvalue weighted by Crippen LogP contribution is -2.66. The molecule has 4 saturated carbocycles. The molecular weight excluding hydrogens is 535 g/mol. The smallest absolute Gasteiger partial charge is 0.138 e. The van der Waals surface area contributed by atoms with Gasteiger partial charge >= 0.3 is 0 Å². The van der Waals surface area contributed by atoms with E-state index in [1.54, 1.807) is 0 Å². The number of rotatable bonds is 3. The van der Waals surface area contributed by atoms with Gasteiger partial charge in [0.1, 0.15) is 42.5 Å². The first-order chi connectivity index (χ1) is 19.5. The number of allylic oxidation sites excluding steroid dienone is 2. The number of hydrogen-bond donors (Lipinski definition) is 4. The van der Waals surface area contributed by atoms with Gasteiger partial charge in [-0.3, -0.25) is 4.79 Å². The normalized spacial score (nSPS) is 52.2. The van der Waals surface area contributed by atoms with Crippen LogP contribution in [-0.4, -0.2) is 69.5 Å². The zero-order valence-electron chi connectivity index (χ0n) is 26.6. The molecule has 5 fully saturated rings. The predicted molar refractivity (Wildman–Crippen MR) is 158 cm³/mol. The van der Waals surface area contributed by atoms with Crippen molar-refractivity contribution in [3.05, 3.63) is 11.6 Å². The molecule has 1 heterocycles. The van der Waals surface area contributed by atoms with Crippen LogP contribution in [0.15, 0.2) is 11.6 Å². The Morgan fingerprint density at radius 3 is 2.29 bits per heavy atom. The first-order valence-electron chi connectivity index (χ1n) is 16.7. The minimum atomic E-state index is -1.57. The number of alkyl halides is 1. The molecule has 7 heteroatoms. The summed E-state index contributed by atoms with van der Waals surface area (Å²) in [6.45, 7) is 13.3. The predicted octanol–water partition coefficient (Wildman–Crippen LogP) is 5.15. The number of halogens is 1. The van der Waals surface area contributed by atoms with Crippen molar-refractivity contribution in [3.63, 3.8) is 0 Å². The number of ether oxygens (including phenoxy) is 1. The second kappa shape index (κ2) is 10.1. The Morgan fingerprint density at radius 2 is 1.60 bits per heavy atom. The van der Waals surface area contributed by atoms with E-state index < -0.39 is 48.7 Å². The van der Waals surface area contributed by atoms with Crippen molar-refractivity contribution in [1.82, 2.24) is 0 Å². The third kappa shape index (κ3) is 4.22. The summed E-state index contributed by atoms with van der Waals surface area (Å²) in [4.78, 5) is 13.0. The third-order valence-corrected chi connectivity index (χ3v) is 14.4. The maximum Gasteiger partial charge on any atom is 0.138 e. The minimum absolute atomic E-state index is 0.00930. The van der Waals surface area contributed by atoms with E-state index in [1.165, 1.54) is 5.57 Å². The molecule has 0 spiro atoms. The minimum Gasteiger partial charge on any atom is -0.394 e. The molecule has 0 amide bonds. The van der Waals surface area contributed by atoms with Gasteiger partial charge in [0.05, 0.1) is 6.61 Å². The van der Waals surface area contributed by atoms with Gasteiger partial charge in [0, 0.05) is 17.3 Å². The van der Waals surface area contributed by atoms with Crippen LogP contribution in [-0.2, 0) is 9.53 Å². The molecule has 13 atom stereocenters. The van der Waals surface area contributed by atoms with E-state index in [0.717, 1.165) is 44.9 Å². The van der Waals surface area contributed by atoms with Gasteiger partial charge in [-0.25, -0.2) is 4.39 Å². The van der Waals surface area contributed by atoms with Gasteiger partial charge < -0.3 is 25.2 Å². The summed E-state index contributed by atoms with van der Waals surface area (Å²) in [5.74, 6) is 1.66. The van der Waals surface area contributed by atoms with E-state index >= 15 is 4.39 Å². The van der Waals surface area contributed by atoms with Crippen LogP contribution in [0.4, 0.5) is 4.39 Å². The molecule has 4 N–H and O–H groups in total. The molecule has 238 valence electrons. The van der Waals surface area contributed by atoms with Gasteiger partial charge in [0.25, 0.3) is 0 Å². The standard InChI is InChI=1S/C35H55FO6/c1-31(2)15-16-35(30(36)29-28(41)27(40)26(39)22(18-37)42-29)14-9-20-19(21(35)17-31)7-8-24-33(20,5)12-10-23-32(3,4)25(38)11-13-34(23,24)6/h7,20-24,26-30,37,39-41H,8-18H2,1-6H3/t20?,21?,22?,23?,24?,26-,27?,28?,29+,30?,33-,34-,35+/m0/s1. The Kier molecular flexibility index (Phi) is 7.47. The summed E-state index contributed by atoms with van der Waals surface area (Å²) in [5, 5.41) is 41.6. The van der Waals surface area contributed by atoms with Crippen molar-refractivity contribution in [2.24, 2.45) is 50.7 Å². The summed E-state index contributed by atoms with van der Waals surface area (Å²) in [7, 11) is 0. The van der Waals surface area contributed by atoms with Crippen LogP contribution in [0, 0.1) is 50.7 Å². The van der Waals surface area contributed by atoms with Crippen LogP contribution in [0.2, 0.25) is 0 Å². The molecule has 42 heavy (non-hydrogen) atoms. The highest BCUT2D eigenvalue weighted by atomic mass is 19.1. The van der Waals surface area contributed by atoms with E-state index in [9.17, 15) is 25.2 Å². The summed E-state index contributed by atoms with van der Waals surface area (Å²) >= 11 is 0. The van der Waals surface area contributed by atoms with Crippen LogP contribution in [0.25, 0.3) is 0 Å². The van der Waals surface area contributed by atoms with Crippen molar-refractivity contribution >= 4 is 5.78 Å². The molecule has 0 aromatic carbocycles. The second-order valence-corrected chi connectivity index (χ2v) is 17.2. The monoisotopic (exact) mass is 590 g/mol. The van der Waals surface area contributed by atoms with Gasteiger partial charge in [0.15, 0.2) is 0 Å². The molecular formula is C35H55FO6. The summed E-state index contributed by atoms with van der Waals surface area (Å²) in [6.07, 6.45) is 2.65. The van der Waals surface area contributed by atoms with Crippen LogP contribution < -0.4 is 0 Å². The van der Waals surface area contributed by atoms with E-state index in [0.29, 0.717) is 42.8 Å².